The van der Waals surface area contributed by atoms with E-state index in [9.17, 15) is 14.7 Å². The van der Waals surface area contributed by atoms with Crippen molar-refractivity contribution in [1.82, 2.24) is 40.2 Å². The lowest BCUT2D eigenvalue weighted by molar-refractivity contribution is -0.138. The first-order chi connectivity index (χ1) is 15.4. The lowest BCUT2D eigenvalue weighted by Crippen LogP contribution is -2.46. The van der Waals surface area contributed by atoms with Crippen LogP contribution in [0.15, 0.2) is 42.0 Å². The lowest BCUT2D eigenvalue weighted by atomic mass is 9.78. The summed E-state index contributed by atoms with van der Waals surface area (Å²) in [5, 5.41) is 29.6. The van der Waals surface area contributed by atoms with Crippen molar-refractivity contribution in [3.63, 3.8) is 0 Å². The summed E-state index contributed by atoms with van der Waals surface area (Å²) in [5.74, 6) is 0.0325. The fraction of sp³-hybridized carbons (Fsp3) is 0.450. The molecule has 0 radical (unpaired) electrons. The monoisotopic (exact) mass is 438 g/mol. The number of tetrazole rings is 1. The number of cyclic esters (lactones) is 1. The van der Waals surface area contributed by atoms with Gasteiger partial charge in [-0.15, -0.1) is 10.2 Å². The summed E-state index contributed by atoms with van der Waals surface area (Å²) < 4.78 is 6.35. The molecule has 0 bridgehead atoms. The van der Waals surface area contributed by atoms with Gasteiger partial charge in [-0.1, -0.05) is 0 Å². The van der Waals surface area contributed by atoms with Crippen LogP contribution in [-0.4, -0.2) is 83.4 Å². The number of aliphatic hydroxyl groups is 1. The molecule has 0 aliphatic carbocycles. The Morgan fingerprint density at radius 2 is 2.03 bits per heavy atom. The molecule has 1 N–H and O–H groups in total. The number of allylic oxidation sites excluding steroid dienone is 1. The summed E-state index contributed by atoms with van der Waals surface area (Å²) in [6.45, 7) is 3.71. The third kappa shape index (κ3) is 3.56. The average molecular weight is 438 g/mol. The summed E-state index contributed by atoms with van der Waals surface area (Å²) in [5.41, 5.74) is 1.29. The normalized spacial score (nSPS) is 21.6. The Hall–Kier alpha value is -3.51. The second kappa shape index (κ2) is 7.88. The quantitative estimate of drug-likeness (QED) is 0.622. The number of aromatic nitrogens is 6. The van der Waals surface area contributed by atoms with Gasteiger partial charge in [0.25, 0.3) is 0 Å². The molecule has 166 valence electrons. The van der Waals surface area contributed by atoms with Gasteiger partial charge in [-0.3, -0.25) is 9.69 Å². The number of ether oxygens (including phenoxy) is 1. The molecule has 1 unspecified atom stereocenters. The van der Waals surface area contributed by atoms with Crippen LogP contribution in [0.25, 0.3) is 5.82 Å². The molecule has 5 rings (SSSR count). The number of nitrogens with zero attached hydrogens (tertiary/aromatic N) is 8. The molecule has 1 fully saturated rings. The molecule has 2 aromatic heterocycles. The summed E-state index contributed by atoms with van der Waals surface area (Å²) in [7, 11) is 0. The summed E-state index contributed by atoms with van der Waals surface area (Å²) in [6.07, 6.45) is 5.27. The van der Waals surface area contributed by atoms with E-state index in [1.807, 2.05) is 13.0 Å². The number of aliphatic hydroxyl groups excluding tert-OH is 1. The molecule has 12 heteroatoms. The van der Waals surface area contributed by atoms with E-state index in [-0.39, 0.29) is 12.5 Å². The van der Waals surface area contributed by atoms with Gasteiger partial charge in [-0.2, -0.15) is 9.78 Å². The minimum Gasteiger partial charge on any atom is -0.456 e. The van der Waals surface area contributed by atoms with Gasteiger partial charge in [0.1, 0.15) is 19.0 Å². The smallest absolute Gasteiger partial charge is 0.333 e. The number of amides is 1. The first-order valence-corrected chi connectivity index (χ1v) is 10.3. The van der Waals surface area contributed by atoms with Crippen LogP contribution in [0.4, 0.5) is 0 Å². The second-order valence-corrected chi connectivity index (χ2v) is 8.21. The SMILES string of the molecule is CC1=CC2(CCN(CC(O)c3ccc(-n4cnnn4)nn3)CC2)C(=O)N1C1=CC(=O)OC1. The van der Waals surface area contributed by atoms with Crippen LogP contribution in [0.3, 0.4) is 0 Å². The van der Waals surface area contributed by atoms with Crippen molar-refractivity contribution < 1.29 is 19.4 Å². The summed E-state index contributed by atoms with van der Waals surface area (Å²) in [4.78, 5) is 28.4. The zero-order chi connectivity index (χ0) is 22.3. The molecule has 1 spiro atoms. The van der Waals surface area contributed by atoms with Gasteiger partial charge in [-0.25, -0.2) is 4.79 Å². The number of rotatable bonds is 5. The molecule has 5 heterocycles. The Morgan fingerprint density at radius 1 is 1.22 bits per heavy atom. The minimum atomic E-state index is -0.806. The third-order valence-electron chi connectivity index (χ3n) is 6.18. The van der Waals surface area contributed by atoms with Crippen molar-refractivity contribution in [2.75, 3.05) is 26.2 Å². The highest BCUT2D eigenvalue weighted by atomic mass is 16.5. The lowest BCUT2D eigenvalue weighted by Gasteiger charge is -2.38. The van der Waals surface area contributed by atoms with Crippen LogP contribution < -0.4 is 0 Å². The molecule has 1 saturated heterocycles. The fourth-order valence-corrected chi connectivity index (χ4v) is 4.49. The Balaban J connectivity index is 1.20. The molecule has 3 aliphatic heterocycles. The summed E-state index contributed by atoms with van der Waals surface area (Å²) in [6, 6.07) is 3.39. The Kier molecular flexibility index (Phi) is 5.02. The molecule has 0 aromatic carbocycles. The number of esters is 1. The highest BCUT2D eigenvalue weighted by Crippen LogP contribution is 2.43. The molecule has 1 amide bonds. The van der Waals surface area contributed by atoms with Gasteiger partial charge in [0, 0.05) is 18.3 Å². The van der Waals surface area contributed by atoms with Gasteiger partial charge in [-0.05, 0) is 61.5 Å². The largest absolute Gasteiger partial charge is 0.456 e. The number of hydrogen-bond acceptors (Lipinski definition) is 10. The van der Waals surface area contributed by atoms with Gasteiger partial charge in [0.15, 0.2) is 5.82 Å². The van der Waals surface area contributed by atoms with Gasteiger partial charge in [0.2, 0.25) is 5.91 Å². The molecular weight excluding hydrogens is 416 g/mol. The number of carbonyl (C=O) groups is 2. The van der Waals surface area contributed by atoms with Crippen molar-refractivity contribution in [2.45, 2.75) is 25.9 Å². The van der Waals surface area contributed by atoms with E-state index in [0.29, 0.717) is 49.7 Å². The highest BCUT2D eigenvalue weighted by Gasteiger charge is 2.48. The van der Waals surface area contributed by atoms with E-state index in [0.717, 1.165) is 5.70 Å². The number of likely N-dealkylation sites (tertiary alicyclic amines) is 1. The molecule has 2 aromatic rings. The number of β-amino-alcohol motifs (C(OH)–C–C–N with tert-alkyl or cyclic N) is 1. The van der Waals surface area contributed by atoms with E-state index < -0.39 is 17.5 Å². The van der Waals surface area contributed by atoms with Crippen LogP contribution in [0, 0.1) is 5.41 Å². The predicted octanol–water partition coefficient (Wildman–Crippen LogP) is -0.245. The van der Waals surface area contributed by atoms with E-state index >= 15 is 0 Å². The number of carbonyl (C=O) groups excluding carboxylic acids is 2. The Bertz CT molecular complexity index is 1090. The first kappa shape index (κ1) is 20.4. The van der Waals surface area contributed by atoms with Crippen molar-refractivity contribution in [2.24, 2.45) is 5.41 Å². The maximum Gasteiger partial charge on any atom is 0.333 e. The zero-order valence-electron chi connectivity index (χ0n) is 17.5. The highest BCUT2D eigenvalue weighted by molar-refractivity contribution is 5.93. The third-order valence-corrected chi connectivity index (χ3v) is 6.18. The van der Waals surface area contributed by atoms with Crippen LogP contribution in [-0.2, 0) is 14.3 Å². The Labute approximate surface area is 183 Å². The van der Waals surface area contributed by atoms with Crippen LogP contribution in [0.1, 0.15) is 31.6 Å². The molecular formula is C20H22N8O4. The molecule has 3 aliphatic rings. The fourth-order valence-electron chi connectivity index (χ4n) is 4.49. The van der Waals surface area contributed by atoms with Gasteiger partial charge < -0.3 is 14.7 Å². The second-order valence-electron chi connectivity index (χ2n) is 8.21. The van der Waals surface area contributed by atoms with Crippen LogP contribution in [0.5, 0.6) is 0 Å². The maximum absolute atomic E-state index is 13.2. The molecule has 12 nitrogen and oxygen atoms in total. The van der Waals surface area contributed by atoms with E-state index in [1.54, 1.807) is 17.0 Å². The van der Waals surface area contributed by atoms with E-state index in [4.69, 9.17) is 4.74 Å². The zero-order valence-corrected chi connectivity index (χ0v) is 17.5. The van der Waals surface area contributed by atoms with Gasteiger partial charge in [0.05, 0.1) is 16.8 Å². The van der Waals surface area contributed by atoms with Crippen molar-refractivity contribution >= 4 is 11.9 Å². The molecule has 0 saturated carbocycles. The standard InChI is InChI=1S/C20H22N8O4/c1-13-9-20(19(31)28(13)14-8-18(30)32-11-14)4-6-26(7-5-20)10-16(29)15-2-3-17(23-22-15)27-12-21-24-25-27/h2-3,8-9,12,16,29H,4-7,10-11H2,1H3. The molecule has 1 atom stereocenters. The number of hydrogen-bond donors (Lipinski definition) is 1. The topological polar surface area (TPSA) is 139 Å². The van der Waals surface area contributed by atoms with Gasteiger partial charge >= 0.3 is 5.97 Å². The van der Waals surface area contributed by atoms with E-state index in [2.05, 4.69) is 30.6 Å². The average Bonchev–Trinajstić information content (AvgIpc) is 3.52. The van der Waals surface area contributed by atoms with Crippen molar-refractivity contribution in [3.8, 4) is 5.82 Å². The number of piperidine rings is 1. The first-order valence-electron chi connectivity index (χ1n) is 10.3. The molecule has 32 heavy (non-hydrogen) atoms. The van der Waals surface area contributed by atoms with Crippen LogP contribution >= 0.6 is 0 Å². The maximum atomic E-state index is 13.2. The predicted molar refractivity (Wildman–Crippen MR) is 107 cm³/mol. The van der Waals surface area contributed by atoms with E-state index in [1.165, 1.54) is 17.1 Å². The van der Waals surface area contributed by atoms with Crippen molar-refractivity contribution in [3.05, 3.63) is 47.7 Å². The van der Waals surface area contributed by atoms with Crippen LogP contribution in [0.2, 0.25) is 0 Å². The summed E-state index contributed by atoms with van der Waals surface area (Å²) >= 11 is 0. The Morgan fingerprint density at radius 3 is 2.66 bits per heavy atom. The van der Waals surface area contributed by atoms with Crippen molar-refractivity contribution in [1.29, 1.82) is 0 Å². The minimum absolute atomic E-state index is 0.0104.